The maximum Gasteiger partial charge on any atom is 0.310 e. The molecule has 1 aliphatic rings. The van der Waals surface area contributed by atoms with Gasteiger partial charge in [-0.25, -0.2) is 0 Å². The lowest BCUT2D eigenvalue weighted by molar-refractivity contribution is -0.149. The monoisotopic (exact) mass is 472 g/mol. The summed E-state index contributed by atoms with van der Waals surface area (Å²) < 4.78 is 6.72. The van der Waals surface area contributed by atoms with Crippen LogP contribution >= 0.6 is 15.9 Å². The van der Waals surface area contributed by atoms with E-state index in [1.807, 2.05) is 6.07 Å². The summed E-state index contributed by atoms with van der Waals surface area (Å²) in [5.41, 5.74) is 1.99. The van der Waals surface area contributed by atoms with Gasteiger partial charge in [-0.05, 0) is 53.4 Å². The number of ether oxygens (including phenoxy) is 1. The van der Waals surface area contributed by atoms with Gasteiger partial charge in [-0.3, -0.25) is 9.59 Å². The molecule has 0 aliphatic heterocycles. The molecular weight excluding hydrogens is 444 g/mol. The predicted molar refractivity (Wildman–Crippen MR) is 121 cm³/mol. The Kier molecular flexibility index (Phi) is 7.70. The number of benzene rings is 2. The molecule has 1 saturated carbocycles. The van der Waals surface area contributed by atoms with E-state index >= 15 is 0 Å². The molecule has 0 aromatic heterocycles. The molecule has 1 fully saturated rings. The Morgan fingerprint density at radius 2 is 1.80 bits per heavy atom. The van der Waals surface area contributed by atoms with E-state index in [0.29, 0.717) is 30.8 Å². The van der Waals surface area contributed by atoms with E-state index < -0.39 is 11.4 Å². The highest BCUT2D eigenvalue weighted by molar-refractivity contribution is 9.10. The first-order chi connectivity index (χ1) is 14.4. The standard InChI is InChI=1S/C25H29BrO4/c1-18-7-6-8-19(15-18)11-14-30-23-16-20(9-10-21(23)26)22(27)17-25(24(28)29)12-4-2-3-5-13-25/h6-10,15-16H,2-5,11-14,17H2,1H3,(H,28,29). The molecule has 3 rings (SSSR count). The third kappa shape index (κ3) is 5.72. The Labute approximate surface area is 186 Å². The average molecular weight is 473 g/mol. The fraction of sp³-hybridized carbons (Fsp3) is 0.440. The highest BCUT2D eigenvalue weighted by Crippen LogP contribution is 2.40. The number of carboxylic acids is 1. The summed E-state index contributed by atoms with van der Waals surface area (Å²) in [5, 5.41) is 9.87. The molecule has 0 bridgehead atoms. The van der Waals surface area contributed by atoms with Crippen molar-refractivity contribution in [2.75, 3.05) is 6.61 Å². The van der Waals surface area contributed by atoms with Gasteiger partial charge in [0.15, 0.2) is 5.78 Å². The van der Waals surface area contributed by atoms with Gasteiger partial charge < -0.3 is 9.84 Å². The summed E-state index contributed by atoms with van der Waals surface area (Å²) in [6.07, 6.45) is 5.79. The first-order valence-electron chi connectivity index (χ1n) is 10.6. The number of hydrogen-bond donors (Lipinski definition) is 1. The number of aliphatic carboxylic acids is 1. The Bertz CT molecular complexity index is 898. The first kappa shape index (κ1) is 22.5. The SMILES string of the molecule is Cc1cccc(CCOc2cc(C(=O)CC3(C(=O)O)CCCCCC3)ccc2Br)c1. The average Bonchev–Trinajstić information content (AvgIpc) is 2.96. The Morgan fingerprint density at radius 3 is 2.47 bits per heavy atom. The molecule has 2 aromatic rings. The van der Waals surface area contributed by atoms with Gasteiger partial charge in [0.2, 0.25) is 0 Å². The molecule has 5 heteroatoms. The lowest BCUT2D eigenvalue weighted by atomic mass is 9.75. The molecule has 0 radical (unpaired) electrons. The first-order valence-corrected chi connectivity index (χ1v) is 11.4. The fourth-order valence-corrected chi connectivity index (χ4v) is 4.58. The van der Waals surface area contributed by atoms with E-state index in [-0.39, 0.29) is 12.2 Å². The topological polar surface area (TPSA) is 63.6 Å². The number of halogens is 1. The summed E-state index contributed by atoms with van der Waals surface area (Å²) >= 11 is 3.49. The van der Waals surface area contributed by atoms with Crippen molar-refractivity contribution < 1.29 is 19.4 Å². The third-order valence-electron chi connectivity index (χ3n) is 6.00. The van der Waals surface area contributed by atoms with Gasteiger partial charge in [0.1, 0.15) is 5.75 Å². The summed E-state index contributed by atoms with van der Waals surface area (Å²) in [4.78, 5) is 25.0. The van der Waals surface area contributed by atoms with Gasteiger partial charge in [0.05, 0.1) is 16.5 Å². The van der Waals surface area contributed by atoms with Gasteiger partial charge in [0.25, 0.3) is 0 Å². The van der Waals surface area contributed by atoms with Gasteiger partial charge in [0, 0.05) is 18.4 Å². The number of Topliss-reactive ketones (excluding diaryl/α,β-unsaturated/α-hetero) is 1. The second-order valence-corrected chi connectivity index (χ2v) is 9.19. The largest absolute Gasteiger partial charge is 0.492 e. The zero-order chi connectivity index (χ0) is 21.6. The quantitative estimate of drug-likeness (QED) is 0.357. The molecular formula is C25H29BrO4. The summed E-state index contributed by atoms with van der Waals surface area (Å²) in [6.45, 7) is 2.56. The maximum atomic E-state index is 13.0. The van der Waals surface area contributed by atoms with Gasteiger partial charge in [-0.2, -0.15) is 0 Å². The van der Waals surface area contributed by atoms with Crippen LogP contribution in [0.5, 0.6) is 5.75 Å². The van der Waals surface area contributed by atoms with Crippen LogP contribution in [0.15, 0.2) is 46.9 Å². The van der Waals surface area contributed by atoms with E-state index in [4.69, 9.17) is 4.74 Å². The highest BCUT2D eigenvalue weighted by Gasteiger charge is 2.40. The van der Waals surface area contributed by atoms with E-state index in [2.05, 4.69) is 41.1 Å². The zero-order valence-corrected chi connectivity index (χ0v) is 19.0. The van der Waals surface area contributed by atoms with Crippen molar-refractivity contribution in [1.29, 1.82) is 0 Å². The van der Waals surface area contributed by atoms with Gasteiger partial charge in [-0.1, -0.05) is 61.6 Å². The van der Waals surface area contributed by atoms with Crippen molar-refractivity contribution in [3.63, 3.8) is 0 Å². The molecule has 4 nitrogen and oxygen atoms in total. The number of carbonyl (C=O) groups excluding carboxylic acids is 1. The minimum absolute atomic E-state index is 0.0483. The van der Waals surface area contributed by atoms with Crippen molar-refractivity contribution in [2.45, 2.75) is 58.3 Å². The van der Waals surface area contributed by atoms with Crippen molar-refractivity contribution in [2.24, 2.45) is 5.41 Å². The lowest BCUT2D eigenvalue weighted by Gasteiger charge is -2.27. The molecule has 0 heterocycles. The Hall–Kier alpha value is -2.14. The molecule has 2 aromatic carbocycles. The minimum atomic E-state index is -0.938. The number of hydrogen-bond acceptors (Lipinski definition) is 3. The van der Waals surface area contributed by atoms with E-state index in [1.54, 1.807) is 18.2 Å². The van der Waals surface area contributed by atoms with Crippen LogP contribution in [0.25, 0.3) is 0 Å². The highest BCUT2D eigenvalue weighted by atomic mass is 79.9. The minimum Gasteiger partial charge on any atom is -0.492 e. The maximum absolute atomic E-state index is 13.0. The molecule has 0 saturated heterocycles. The number of ketones is 1. The van der Waals surface area contributed by atoms with Gasteiger partial charge in [-0.15, -0.1) is 0 Å². The molecule has 0 atom stereocenters. The van der Waals surface area contributed by atoms with Crippen molar-refractivity contribution in [3.8, 4) is 5.75 Å². The fourth-order valence-electron chi connectivity index (χ4n) is 4.21. The van der Waals surface area contributed by atoms with E-state index in [9.17, 15) is 14.7 Å². The van der Waals surface area contributed by atoms with E-state index in [0.717, 1.165) is 36.6 Å². The number of carbonyl (C=O) groups is 2. The van der Waals surface area contributed by atoms with Crippen LogP contribution in [-0.2, 0) is 11.2 Å². The molecule has 1 N–H and O–H groups in total. The molecule has 160 valence electrons. The van der Waals surface area contributed by atoms with Crippen LogP contribution in [0.1, 0.15) is 66.4 Å². The molecule has 30 heavy (non-hydrogen) atoms. The smallest absolute Gasteiger partial charge is 0.310 e. The third-order valence-corrected chi connectivity index (χ3v) is 6.65. The number of aryl methyl sites for hydroxylation is 1. The molecule has 0 unspecified atom stereocenters. The summed E-state index contributed by atoms with van der Waals surface area (Å²) in [7, 11) is 0. The van der Waals surface area contributed by atoms with Crippen LogP contribution < -0.4 is 4.74 Å². The second kappa shape index (κ2) is 10.3. The Morgan fingerprint density at radius 1 is 1.07 bits per heavy atom. The van der Waals surface area contributed by atoms with Crippen LogP contribution in [0.3, 0.4) is 0 Å². The van der Waals surface area contributed by atoms with Crippen molar-refractivity contribution in [3.05, 3.63) is 63.6 Å². The number of carboxylic acid groups (broad SMARTS) is 1. The predicted octanol–water partition coefficient (Wildman–Crippen LogP) is 6.38. The normalized spacial score (nSPS) is 15.9. The van der Waals surface area contributed by atoms with Crippen molar-refractivity contribution >= 4 is 27.7 Å². The lowest BCUT2D eigenvalue weighted by Crippen LogP contribution is -2.33. The molecule has 0 spiro atoms. The summed E-state index contributed by atoms with van der Waals surface area (Å²) in [5.74, 6) is -0.362. The van der Waals surface area contributed by atoms with Crippen LogP contribution in [0.4, 0.5) is 0 Å². The van der Waals surface area contributed by atoms with E-state index in [1.165, 1.54) is 11.1 Å². The zero-order valence-electron chi connectivity index (χ0n) is 17.5. The number of rotatable bonds is 8. The van der Waals surface area contributed by atoms with Crippen molar-refractivity contribution in [1.82, 2.24) is 0 Å². The molecule has 1 aliphatic carbocycles. The van der Waals surface area contributed by atoms with Crippen LogP contribution in [0, 0.1) is 12.3 Å². The van der Waals surface area contributed by atoms with Crippen LogP contribution in [0.2, 0.25) is 0 Å². The van der Waals surface area contributed by atoms with Gasteiger partial charge >= 0.3 is 5.97 Å². The Balaban J connectivity index is 1.68. The van der Waals surface area contributed by atoms with Crippen LogP contribution in [-0.4, -0.2) is 23.5 Å². The summed E-state index contributed by atoms with van der Waals surface area (Å²) in [6, 6.07) is 13.6. The second-order valence-electron chi connectivity index (χ2n) is 8.33. The molecule has 0 amide bonds.